The van der Waals surface area contributed by atoms with Crippen molar-refractivity contribution in [2.45, 2.75) is 39.7 Å². The Kier molecular flexibility index (Phi) is 11.1. The van der Waals surface area contributed by atoms with E-state index in [-0.39, 0.29) is 29.9 Å². The van der Waals surface area contributed by atoms with E-state index in [1.54, 1.807) is 5.51 Å². The molecule has 1 fully saturated rings. The fourth-order valence-corrected chi connectivity index (χ4v) is 3.73. The van der Waals surface area contributed by atoms with Crippen LogP contribution in [0.25, 0.3) is 0 Å². The van der Waals surface area contributed by atoms with Gasteiger partial charge in [-0.1, -0.05) is 6.92 Å². The van der Waals surface area contributed by atoms with Crippen LogP contribution in [0.15, 0.2) is 10.5 Å². The minimum atomic E-state index is -0.0618. The van der Waals surface area contributed by atoms with Crippen LogP contribution in [0.4, 0.5) is 0 Å². The second kappa shape index (κ2) is 12.4. The highest BCUT2D eigenvalue weighted by Gasteiger charge is 2.22. The molecule has 1 saturated heterocycles. The average Bonchev–Trinajstić information content (AvgIpc) is 3.24. The molecule has 26 heavy (non-hydrogen) atoms. The van der Waals surface area contributed by atoms with Crippen LogP contribution in [0, 0.1) is 6.92 Å². The van der Waals surface area contributed by atoms with Crippen molar-refractivity contribution in [3.63, 3.8) is 0 Å². The first-order valence-electron chi connectivity index (χ1n) is 9.10. The van der Waals surface area contributed by atoms with Crippen molar-refractivity contribution in [3.05, 3.63) is 16.1 Å². The maximum atomic E-state index is 12.0. The average molecular weight is 494 g/mol. The Hall–Kier alpha value is -0.940. The van der Waals surface area contributed by atoms with Gasteiger partial charge in [0, 0.05) is 25.7 Å². The van der Waals surface area contributed by atoms with Crippen LogP contribution < -0.4 is 16.0 Å². The Balaban J connectivity index is 0.00000338. The zero-order chi connectivity index (χ0) is 18.1. The summed E-state index contributed by atoms with van der Waals surface area (Å²) in [6.07, 6.45) is 2.49. The number of hydrogen-bond donors (Lipinski definition) is 3. The van der Waals surface area contributed by atoms with Gasteiger partial charge in [-0.3, -0.25) is 14.7 Å². The van der Waals surface area contributed by atoms with Gasteiger partial charge in [0.2, 0.25) is 0 Å². The molecule has 0 saturated carbocycles. The first kappa shape index (κ1) is 23.1. The number of likely N-dealkylation sites (N-methyl/N-ethyl adjacent to an activating group) is 1. The number of aromatic nitrogens is 1. The molecule has 1 aromatic heterocycles. The lowest BCUT2D eigenvalue weighted by molar-refractivity contribution is 0.0957. The van der Waals surface area contributed by atoms with Crippen LogP contribution in [0.1, 0.15) is 42.1 Å². The lowest BCUT2D eigenvalue weighted by atomic mass is 10.2. The van der Waals surface area contributed by atoms with Gasteiger partial charge in [0.1, 0.15) is 4.88 Å². The molecule has 148 valence electrons. The molecule has 1 aliphatic heterocycles. The molecule has 2 rings (SSSR count). The minimum Gasteiger partial charge on any atom is -0.357 e. The summed E-state index contributed by atoms with van der Waals surface area (Å²) in [7, 11) is 0. The van der Waals surface area contributed by atoms with Crippen molar-refractivity contribution in [1.82, 2.24) is 25.8 Å². The van der Waals surface area contributed by atoms with Crippen molar-refractivity contribution in [3.8, 4) is 0 Å². The van der Waals surface area contributed by atoms with Crippen LogP contribution in [-0.4, -0.2) is 67.1 Å². The van der Waals surface area contributed by atoms with Crippen molar-refractivity contribution >= 4 is 47.2 Å². The molecule has 1 amide bonds. The summed E-state index contributed by atoms with van der Waals surface area (Å²) in [6.45, 7) is 11.2. The molecule has 0 aromatic carbocycles. The highest BCUT2D eigenvalue weighted by atomic mass is 127. The third-order valence-electron chi connectivity index (χ3n) is 4.36. The van der Waals surface area contributed by atoms with E-state index in [4.69, 9.17) is 4.99 Å². The van der Waals surface area contributed by atoms with E-state index in [2.05, 4.69) is 39.7 Å². The lowest BCUT2D eigenvalue weighted by Gasteiger charge is -2.21. The van der Waals surface area contributed by atoms with Crippen molar-refractivity contribution in [2.24, 2.45) is 4.99 Å². The Labute approximate surface area is 177 Å². The zero-order valence-electron chi connectivity index (χ0n) is 15.9. The number of hydrogen-bond acceptors (Lipinski definition) is 5. The fourth-order valence-electron chi connectivity index (χ4n) is 3.01. The van der Waals surface area contributed by atoms with Gasteiger partial charge < -0.3 is 16.0 Å². The highest BCUT2D eigenvalue weighted by molar-refractivity contribution is 14.0. The number of rotatable bonds is 8. The van der Waals surface area contributed by atoms with E-state index in [0.717, 1.165) is 31.3 Å². The van der Waals surface area contributed by atoms with Crippen LogP contribution in [0.3, 0.4) is 0 Å². The van der Waals surface area contributed by atoms with Crippen molar-refractivity contribution < 1.29 is 4.79 Å². The third kappa shape index (κ3) is 6.99. The van der Waals surface area contributed by atoms with Crippen LogP contribution in [-0.2, 0) is 0 Å². The number of nitrogens with zero attached hydrogens (tertiary/aromatic N) is 3. The SMILES string of the molecule is CCNC(=NCC1CCCN1CC)NCCNC(=O)c1scnc1C.I. The topological polar surface area (TPSA) is 81.7 Å². The Bertz CT molecular complexity index is 579. The predicted molar refractivity (Wildman–Crippen MR) is 119 cm³/mol. The number of carbonyl (C=O) groups excluding carboxylic acids is 1. The molecule has 1 atom stereocenters. The monoisotopic (exact) mass is 494 g/mol. The fraction of sp³-hybridized carbons (Fsp3) is 0.706. The first-order chi connectivity index (χ1) is 12.2. The Morgan fingerprint density at radius 2 is 2.12 bits per heavy atom. The first-order valence-corrected chi connectivity index (χ1v) is 9.98. The molecule has 0 bridgehead atoms. The number of carbonyl (C=O) groups is 1. The molecule has 1 aromatic rings. The van der Waals surface area contributed by atoms with Gasteiger partial charge in [0.05, 0.1) is 17.7 Å². The molecule has 7 nitrogen and oxygen atoms in total. The molecule has 0 spiro atoms. The van der Waals surface area contributed by atoms with Crippen molar-refractivity contribution in [1.29, 1.82) is 0 Å². The molecule has 0 radical (unpaired) electrons. The van der Waals surface area contributed by atoms with Crippen LogP contribution in [0.2, 0.25) is 0 Å². The van der Waals surface area contributed by atoms with Gasteiger partial charge >= 0.3 is 0 Å². The van der Waals surface area contributed by atoms with E-state index >= 15 is 0 Å². The second-order valence-corrected chi connectivity index (χ2v) is 6.95. The number of guanidine groups is 1. The number of halogens is 1. The molecule has 2 heterocycles. The molecule has 1 unspecified atom stereocenters. The quantitative estimate of drug-likeness (QED) is 0.223. The molecular formula is C17H31IN6OS. The predicted octanol–water partition coefficient (Wildman–Crippen LogP) is 1.84. The number of aliphatic imine (C=N–C) groups is 1. The normalized spacial score (nSPS) is 17.7. The summed E-state index contributed by atoms with van der Waals surface area (Å²) < 4.78 is 0. The molecule has 0 aliphatic carbocycles. The lowest BCUT2D eigenvalue weighted by Crippen LogP contribution is -2.42. The second-order valence-electron chi connectivity index (χ2n) is 6.09. The number of likely N-dealkylation sites (tertiary alicyclic amines) is 1. The standard InChI is InChI=1S/C17H30N6OS.HI/c1-4-18-17(21-11-14-7-6-10-23(14)5-2)20-9-8-19-16(24)15-13(3)22-12-25-15;/h12,14H,4-11H2,1-3H3,(H,19,24)(H2,18,20,21);1H. The Morgan fingerprint density at radius 1 is 1.35 bits per heavy atom. The van der Waals surface area contributed by atoms with E-state index in [9.17, 15) is 4.79 Å². The maximum absolute atomic E-state index is 12.0. The van der Waals surface area contributed by atoms with Gasteiger partial charge in [0.15, 0.2) is 5.96 Å². The molecule has 3 N–H and O–H groups in total. The number of nitrogens with one attached hydrogen (secondary N) is 3. The minimum absolute atomic E-state index is 0. The highest BCUT2D eigenvalue weighted by Crippen LogP contribution is 2.16. The molecular weight excluding hydrogens is 463 g/mol. The van der Waals surface area contributed by atoms with E-state index in [0.29, 0.717) is 24.0 Å². The van der Waals surface area contributed by atoms with Crippen LogP contribution >= 0.6 is 35.3 Å². The number of amides is 1. The smallest absolute Gasteiger partial charge is 0.263 e. The Morgan fingerprint density at radius 3 is 2.77 bits per heavy atom. The van der Waals surface area contributed by atoms with Gasteiger partial charge in [-0.25, -0.2) is 4.98 Å². The summed E-state index contributed by atoms with van der Waals surface area (Å²) in [5, 5.41) is 9.46. The summed E-state index contributed by atoms with van der Waals surface area (Å²) in [6, 6.07) is 0.550. The molecule has 9 heteroatoms. The third-order valence-corrected chi connectivity index (χ3v) is 5.29. The summed E-state index contributed by atoms with van der Waals surface area (Å²) in [5.41, 5.74) is 2.48. The zero-order valence-corrected chi connectivity index (χ0v) is 19.0. The van der Waals surface area contributed by atoms with Crippen LogP contribution in [0.5, 0.6) is 0 Å². The van der Waals surface area contributed by atoms with Crippen molar-refractivity contribution in [2.75, 3.05) is 39.3 Å². The molecule has 1 aliphatic rings. The number of aryl methyl sites for hydroxylation is 1. The van der Waals surface area contributed by atoms with Gasteiger partial charge in [-0.05, 0) is 39.8 Å². The van der Waals surface area contributed by atoms with E-state index in [1.807, 2.05) is 6.92 Å². The van der Waals surface area contributed by atoms with E-state index < -0.39 is 0 Å². The summed E-state index contributed by atoms with van der Waals surface area (Å²) in [4.78, 5) is 24.0. The number of thiazole rings is 1. The maximum Gasteiger partial charge on any atom is 0.263 e. The van der Waals surface area contributed by atoms with Gasteiger partial charge in [0.25, 0.3) is 5.91 Å². The summed E-state index contributed by atoms with van der Waals surface area (Å²) in [5.74, 6) is 0.752. The summed E-state index contributed by atoms with van der Waals surface area (Å²) >= 11 is 1.37. The van der Waals surface area contributed by atoms with Gasteiger partial charge in [-0.15, -0.1) is 35.3 Å². The largest absolute Gasteiger partial charge is 0.357 e. The van der Waals surface area contributed by atoms with Gasteiger partial charge in [-0.2, -0.15) is 0 Å². The van der Waals surface area contributed by atoms with E-state index in [1.165, 1.54) is 30.7 Å².